The standard InChI is InChI=1S/C48H27N5/c1-2-14-29-26-42-35(25-28(29)13-1)36-27-43-44(45-34-19-7-11-23-40(34)51(42)46(36)45)33-18-6-12-24-41(33)52(43)47-32-17-3-8-20-37(32)49-48(50-47)53-38-21-9-4-15-30(38)31-16-5-10-22-39(31)53/h1-27H. The van der Waals surface area contributed by atoms with Gasteiger partial charge in [0.1, 0.15) is 0 Å². The molecule has 0 N–H and O–H groups in total. The number of benzene rings is 8. The second kappa shape index (κ2) is 9.75. The van der Waals surface area contributed by atoms with Gasteiger partial charge in [-0.1, -0.05) is 109 Å². The Morgan fingerprint density at radius 1 is 0.340 bits per heavy atom. The summed E-state index contributed by atoms with van der Waals surface area (Å²) in [5, 5.41) is 13.4. The molecule has 0 aliphatic rings. The molecule has 8 aromatic carbocycles. The maximum Gasteiger partial charge on any atom is 0.237 e. The lowest BCUT2D eigenvalue weighted by molar-refractivity contribution is 0.973. The van der Waals surface area contributed by atoms with Gasteiger partial charge in [-0.25, -0.2) is 4.98 Å². The third kappa shape index (κ3) is 3.42. The summed E-state index contributed by atoms with van der Waals surface area (Å²) in [4.78, 5) is 10.8. The van der Waals surface area contributed by atoms with E-state index >= 15 is 0 Å². The quantitative estimate of drug-likeness (QED) is 0.183. The molecule has 0 saturated carbocycles. The van der Waals surface area contributed by atoms with Gasteiger partial charge in [-0.3, -0.25) is 9.13 Å². The first kappa shape index (κ1) is 27.5. The topological polar surface area (TPSA) is 40.0 Å². The summed E-state index contributed by atoms with van der Waals surface area (Å²) < 4.78 is 7.11. The van der Waals surface area contributed by atoms with Crippen LogP contribution >= 0.6 is 0 Å². The Labute approximate surface area is 301 Å². The zero-order chi connectivity index (χ0) is 34.4. The van der Waals surface area contributed by atoms with Gasteiger partial charge in [0.05, 0.1) is 44.1 Å². The normalized spacial score (nSPS) is 12.5. The molecule has 5 nitrogen and oxygen atoms in total. The van der Waals surface area contributed by atoms with Crippen LogP contribution in [-0.4, -0.2) is 23.5 Å². The Morgan fingerprint density at radius 3 is 1.60 bits per heavy atom. The van der Waals surface area contributed by atoms with Crippen molar-refractivity contribution in [1.29, 1.82) is 0 Å². The highest BCUT2D eigenvalue weighted by Crippen LogP contribution is 2.47. The predicted octanol–water partition coefficient (Wildman–Crippen LogP) is 12.1. The molecule has 0 aliphatic heterocycles. The molecular formula is C48H27N5. The van der Waals surface area contributed by atoms with E-state index in [0.717, 1.165) is 38.8 Å². The van der Waals surface area contributed by atoms with Crippen molar-refractivity contribution in [2.24, 2.45) is 0 Å². The Bertz CT molecular complexity index is 3640. The van der Waals surface area contributed by atoms with E-state index in [-0.39, 0.29) is 0 Å². The SMILES string of the molecule is c1ccc2cc3c(cc2c1)c1cc2c(c4ccccc4n2-c2nc(-n4c5ccccc5c5ccccc54)nc4ccccc24)c2c4ccccc4n3c12. The average Bonchev–Trinajstić information content (AvgIpc) is 3.93. The largest absolute Gasteiger partial charge is 0.308 e. The molecule has 244 valence electrons. The zero-order valence-electron chi connectivity index (χ0n) is 28.3. The van der Waals surface area contributed by atoms with Crippen LogP contribution in [0.5, 0.6) is 0 Å². The third-order valence-corrected chi connectivity index (χ3v) is 11.5. The molecule has 0 atom stereocenters. The van der Waals surface area contributed by atoms with Gasteiger partial charge in [0, 0.05) is 48.5 Å². The van der Waals surface area contributed by atoms with Crippen LogP contribution in [0.3, 0.4) is 0 Å². The summed E-state index contributed by atoms with van der Waals surface area (Å²) in [5.74, 6) is 1.52. The fraction of sp³-hybridized carbons (Fsp3) is 0. The zero-order valence-corrected chi connectivity index (χ0v) is 28.3. The summed E-state index contributed by atoms with van der Waals surface area (Å²) >= 11 is 0. The number of hydrogen-bond acceptors (Lipinski definition) is 2. The van der Waals surface area contributed by atoms with Crippen LogP contribution in [0.2, 0.25) is 0 Å². The van der Waals surface area contributed by atoms with Crippen LogP contribution in [0.1, 0.15) is 0 Å². The van der Waals surface area contributed by atoms with Crippen LogP contribution in [0.15, 0.2) is 164 Å². The Kier molecular flexibility index (Phi) is 5.06. The van der Waals surface area contributed by atoms with E-state index in [1.807, 2.05) is 0 Å². The van der Waals surface area contributed by atoms with Gasteiger partial charge in [0.2, 0.25) is 5.95 Å². The fourth-order valence-electron chi connectivity index (χ4n) is 9.38. The Morgan fingerprint density at radius 2 is 0.887 bits per heavy atom. The molecule has 0 bridgehead atoms. The van der Waals surface area contributed by atoms with E-state index in [1.54, 1.807) is 0 Å². The van der Waals surface area contributed by atoms with E-state index in [4.69, 9.17) is 9.97 Å². The van der Waals surface area contributed by atoms with Crippen molar-refractivity contribution >= 4 is 103 Å². The predicted molar refractivity (Wildman–Crippen MR) is 220 cm³/mol. The molecule has 0 saturated heterocycles. The van der Waals surface area contributed by atoms with E-state index in [2.05, 4.69) is 177 Å². The number of rotatable bonds is 2. The summed E-state index contributed by atoms with van der Waals surface area (Å²) in [5.41, 5.74) is 9.05. The summed E-state index contributed by atoms with van der Waals surface area (Å²) in [6.07, 6.45) is 0. The minimum absolute atomic E-state index is 0.654. The first-order valence-corrected chi connectivity index (χ1v) is 18.1. The average molecular weight is 674 g/mol. The molecule has 5 heteroatoms. The van der Waals surface area contributed by atoms with Gasteiger partial charge in [-0.05, 0) is 65.4 Å². The molecule has 5 aromatic heterocycles. The molecule has 13 aromatic rings. The smallest absolute Gasteiger partial charge is 0.237 e. The van der Waals surface area contributed by atoms with Crippen molar-refractivity contribution in [1.82, 2.24) is 23.5 Å². The molecule has 0 aliphatic carbocycles. The van der Waals surface area contributed by atoms with Gasteiger partial charge in [0.25, 0.3) is 0 Å². The molecular weight excluding hydrogens is 647 g/mol. The Balaban J connectivity index is 1.25. The first-order chi connectivity index (χ1) is 26.3. The summed E-state index contributed by atoms with van der Waals surface area (Å²) in [6.45, 7) is 0. The second-order valence-corrected chi connectivity index (χ2v) is 14.2. The van der Waals surface area contributed by atoms with E-state index in [9.17, 15) is 0 Å². The molecule has 0 spiro atoms. The molecule has 0 radical (unpaired) electrons. The van der Waals surface area contributed by atoms with Crippen LogP contribution in [0, 0.1) is 0 Å². The lowest BCUT2D eigenvalue weighted by Crippen LogP contribution is -2.07. The van der Waals surface area contributed by atoms with Crippen molar-refractivity contribution in [3.05, 3.63) is 164 Å². The van der Waals surface area contributed by atoms with Gasteiger partial charge < -0.3 is 4.40 Å². The summed E-state index contributed by atoms with van der Waals surface area (Å²) in [7, 11) is 0. The number of hydrogen-bond donors (Lipinski definition) is 0. The minimum atomic E-state index is 0.654. The third-order valence-electron chi connectivity index (χ3n) is 11.5. The highest BCUT2D eigenvalue weighted by Gasteiger charge is 2.26. The minimum Gasteiger partial charge on any atom is -0.308 e. The fourth-order valence-corrected chi connectivity index (χ4v) is 9.38. The van der Waals surface area contributed by atoms with Crippen LogP contribution in [-0.2, 0) is 0 Å². The molecule has 0 unspecified atom stereocenters. The van der Waals surface area contributed by atoms with Gasteiger partial charge >= 0.3 is 0 Å². The van der Waals surface area contributed by atoms with Crippen LogP contribution < -0.4 is 0 Å². The van der Waals surface area contributed by atoms with Crippen molar-refractivity contribution in [3.8, 4) is 11.8 Å². The number of nitrogens with zero attached hydrogens (tertiary/aromatic N) is 5. The first-order valence-electron chi connectivity index (χ1n) is 18.1. The number of para-hydroxylation sites is 5. The number of aromatic nitrogens is 5. The van der Waals surface area contributed by atoms with Crippen molar-refractivity contribution in [2.75, 3.05) is 0 Å². The maximum atomic E-state index is 5.58. The molecule has 53 heavy (non-hydrogen) atoms. The van der Waals surface area contributed by atoms with Crippen molar-refractivity contribution in [2.45, 2.75) is 0 Å². The molecule has 13 rings (SSSR count). The van der Waals surface area contributed by atoms with E-state index < -0.39 is 0 Å². The Hall–Kier alpha value is -7.24. The maximum absolute atomic E-state index is 5.58. The van der Waals surface area contributed by atoms with Crippen molar-refractivity contribution < 1.29 is 0 Å². The van der Waals surface area contributed by atoms with E-state index in [0.29, 0.717) is 5.95 Å². The summed E-state index contributed by atoms with van der Waals surface area (Å²) in [6, 6.07) is 59.1. The monoisotopic (exact) mass is 673 g/mol. The number of fused-ring (bicyclic) bond motifs is 15. The second-order valence-electron chi connectivity index (χ2n) is 14.2. The van der Waals surface area contributed by atoms with Crippen LogP contribution in [0.4, 0.5) is 0 Å². The lowest BCUT2D eigenvalue weighted by atomic mass is 10.0. The van der Waals surface area contributed by atoms with E-state index in [1.165, 1.54) is 70.4 Å². The van der Waals surface area contributed by atoms with Crippen LogP contribution in [0.25, 0.3) is 115 Å². The molecule has 5 heterocycles. The van der Waals surface area contributed by atoms with Gasteiger partial charge in [0.15, 0.2) is 5.82 Å². The lowest BCUT2D eigenvalue weighted by Gasteiger charge is -2.14. The molecule has 0 fully saturated rings. The highest BCUT2D eigenvalue weighted by atomic mass is 15.2. The van der Waals surface area contributed by atoms with Crippen molar-refractivity contribution in [3.63, 3.8) is 0 Å². The van der Waals surface area contributed by atoms with Gasteiger partial charge in [-0.2, -0.15) is 4.98 Å². The molecule has 0 amide bonds. The van der Waals surface area contributed by atoms with Gasteiger partial charge in [-0.15, -0.1) is 0 Å². The highest BCUT2D eigenvalue weighted by molar-refractivity contribution is 6.36.